The second kappa shape index (κ2) is 14.6. The van der Waals surface area contributed by atoms with Gasteiger partial charge < -0.3 is 10.2 Å². The van der Waals surface area contributed by atoms with Crippen molar-refractivity contribution < 1.29 is 31.2 Å². The van der Waals surface area contributed by atoms with Crippen LogP contribution in [-0.4, -0.2) is 44.8 Å². The Kier molecular flexibility index (Phi) is 11.0. The summed E-state index contributed by atoms with van der Waals surface area (Å²) >= 11 is 11.9. The van der Waals surface area contributed by atoms with Crippen molar-refractivity contribution in [3.63, 3.8) is 0 Å². The summed E-state index contributed by atoms with van der Waals surface area (Å²) in [6, 6.07) is 22.6. The van der Waals surface area contributed by atoms with Gasteiger partial charge in [0.05, 0.1) is 21.2 Å². The quantitative estimate of drug-likeness (QED) is 0.185. The van der Waals surface area contributed by atoms with Crippen molar-refractivity contribution in [1.29, 1.82) is 0 Å². The maximum Gasteiger partial charge on any atom is 0.417 e. The molecule has 2 amide bonds. The molecule has 1 N–H and O–H groups in total. The number of halogens is 5. The first-order valence-corrected chi connectivity index (χ1v) is 16.2. The first kappa shape index (κ1) is 34.8. The van der Waals surface area contributed by atoms with Crippen LogP contribution in [0.3, 0.4) is 0 Å². The minimum absolute atomic E-state index is 0.0731. The van der Waals surface area contributed by atoms with E-state index >= 15 is 0 Å². The number of carbonyl (C=O) groups is 2. The van der Waals surface area contributed by atoms with Crippen LogP contribution >= 0.6 is 23.2 Å². The lowest BCUT2D eigenvalue weighted by Crippen LogP contribution is -2.53. The van der Waals surface area contributed by atoms with Gasteiger partial charge in [0.15, 0.2) is 0 Å². The highest BCUT2D eigenvalue weighted by Gasteiger charge is 2.37. The van der Waals surface area contributed by atoms with Crippen LogP contribution in [0.5, 0.6) is 0 Å². The number of alkyl halides is 3. The predicted octanol–water partition coefficient (Wildman–Crippen LogP) is 6.90. The summed E-state index contributed by atoms with van der Waals surface area (Å²) in [6.45, 7) is 0.686. The number of amides is 2. The van der Waals surface area contributed by atoms with Crippen LogP contribution in [0.4, 0.5) is 18.9 Å². The van der Waals surface area contributed by atoms with Crippen molar-refractivity contribution in [2.75, 3.05) is 17.9 Å². The Balaban J connectivity index is 1.84. The summed E-state index contributed by atoms with van der Waals surface area (Å²) in [6.07, 6.45) is -4.83. The zero-order valence-electron chi connectivity index (χ0n) is 24.8. The molecule has 0 aliphatic rings. The fraction of sp³-hybridized carbons (Fsp3) is 0.212. The van der Waals surface area contributed by atoms with E-state index in [-0.39, 0.29) is 17.9 Å². The molecule has 0 fully saturated rings. The molecular weight excluding hydrogens is 662 g/mol. The van der Waals surface area contributed by atoms with E-state index in [1.54, 1.807) is 61.5 Å². The van der Waals surface area contributed by atoms with Gasteiger partial charge in [-0.25, -0.2) is 8.42 Å². The van der Waals surface area contributed by atoms with Crippen LogP contribution < -0.4 is 9.62 Å². The minimum Gasteiger partial charge on any atom is -0.357 e. The summed E-state index contributed by atoms with van der Waals surface area (Å²) in [5.74, 6) is -1.36. The van der Waals surface area contributed by atoms with E-state index in [0.717, 1.165) is 23.3 Å². The molecule has 0 aliphatic heterocycles. The predicted molar refractivity (Wildman–Crippen MR) is 172 cm³/mol. The molecule has 4 aromatic carbocycles. The number of aryl methyl sites for hydroxylation is 1. The Morgan fingerprint density at radius 3 is 2.09 bits per heavy atom. The maximum atomic E-state index is 14.3. The number of carbonyl (C=O) groups excluding carboxylic acids is 2. The Morgan fingerprint density at radius 2 is 1.50 bits per heavy atom. The molecule has 4 rings (SSSR count). The van der Waals surface area contributed by atoms with Crippen molar-refractivity contribution in [3.05, 3.63) is 129 Å². The fourth-order valence-corrected chi connectivity index (χ4v) is 6.52. The molecule has 1 atom stereocenters. The van der Waals surface area contributed by atoms with Gasteiger partial charge in [0, 0.05) is 25.0 Å². The molecule has 0 aromatic heterocycles. The summed E-state index contributed by atoms with van der Waals surface area (Å²) in [4.78, 5) is 28.6. The normalized spacial score (nSPS) is 12.3. The molecule has 4 aromatic rings. The third-order valence-corrected chi connectivity index (χ3v) is 9.58. The van der Waals surface area contributed by atoms with Gasteiger partial charge in [-0.05, 0) is 60.5 Å². The lowest BCUT2D eigenvalue weighted by Gasteiger charge is -2.33. The summed E-state index contributed by atoms with van der Waals surface area (Å²) in [5, 5.41) is 2.37. The van der Waals surface area contributed by atoms with E-state index in [1.165, 1.54) is 36.2 Å². The standard InChI is InChI=1S/C33H30Cl2F3N3O4S/c1-22-8-15-27(16-9-22)46(44,45)41(26-14-17-29(35)28(19-26)33(36,37)38)21-31(42)40(20-24-10-12-25(34)13-11-24)30(32(43)39-2)18-23-6-4-3-5-7-23/h3-17,19,30H,18,20-21H2,1-2H3,(H,39,43)/t30-/m1/s1. The maximum absolute atomic E-state index is 14.3. The van der Waals surface area contributed by atoms with Gasteiger partial charge in [-0.3, -0.25) is 13.9 Å². The summed E-state index contributed by atoms with van der Waals surface area (Å²) in [7, 11) is -3.20. The molecule has 0 unspecified atom stereocenters. The van der Waals surface area contributed by atoms with Crippen molar-refractivity contribution in [2.24, 2.45) is 0 Å². The molecule has 242 valence electrons. The second-order valence-corrected chi connectivity index (χ2v) is 13.2. The molecule has 0 saturated carbocycles. The van der Waals surface area contributed by atoms with Gasteiger partial charge >= 0.3 is 6.18 Å². The molecule has 0 saturated heterocycles. The third-order valence-electron chi connectivity index (χ3n) is 7.21. The number of nitrogens with one attached hydrogen (secondary N) is 1. The summed E-state index contributed by atoms with van der Waals surface area (Å²) < 4.78 is 70.3. The number of benzene rings is 4. The lowest BCUT2D eigenvalue weighted by molar-refractivity contribution is -0.139. The van der Waals surface area contributed by atoms with E-state index in [9.17, 15) is 31.2 Å². The van der Waals surface area contributed by atoms with Crippen molar-refractivity contribution >= 4 is 50.7 Å². The molecule has 46 heavy (non-hydrogen) atoms. The fourth-order valence-electron chi connectivity index (χ4n) is 4.76. The zero-order chi connectivity index (χ0) is 33.6. The smallest absolute Gasteiger partial charge is 0.357 e. The van der Waals surface area contributed by atoms with Crippen LogP contribution in [-0.2, 0) is 38.8 Å². The Hall–Kier alpha value is -4.06. The summed E-state index contributed by atoms with van der Waals surface area (Å²) in [5.41, 5.74) is 0.348. The Labute approximate surface area is 275 Å². The number of nitrogens with zero attached hydrogens (tertiary/aromatic N) is 2. The van der Waals surface area contributed by atoms with E-state index in [4.69, 9.17) is 23.2 Å². The SMILES string of the molecule is CNC(=O)[C@@H](Cc1ccccc1)N(Cc1ccc(Cl)cc1)C(=O)CN(c1ccc(Cl)c(C(F)(F)F)c1)S(=O)(=O)c1ccc(C)cc1. The Bertz CT molecular complexity index is 1790. The minimum atomic E-state index is -4.91. The number of hydrogen-bond acceptors (Lipinski definition) is 4. The van der Waals surface area contributed by atoms with Gasteiger partial charge in [-0.1, -0.05) is 83.4 Å². The number of likely N-dealkylation sites (N-methyl/N-ethyl adjacent to an activating group) is 1. The van der Waals surface area contributed by atoms with Crippen LogP contribution in [0, 0.1) is 6.92 Å². The number of sulfonamides is 1. The molecule has 13 heteroatoms. The highest BCUT2D eigenvalue weighted by molar-refractivity contribution is 7.92. The zero-order valence-corrected chi connectivity index (χ0v) is 27.1. The number of hydrogen-bond donors (Lipinski definition) is 1. The largest absolute Gasteiger partial charge is 0.417 e. The molecule has 0 spiro atoms. The average Bonchev–Trinajstić information content (AvgIpc) is 3.02. The van der Waals surface area contributed by atoms with Crippen molar-refractivity contribution in [1.82, 2.24) is 10.2 Å². The van der Waals surface area contributed by atoms with Crippen LogP contribution in [0.2, 0.25) is 10.0 Å². The van der Waals surface area contributed by atoms with Gasteiger partial charge in [-0.15, -0.1) is 0 Å². The number of anilines is 1. The van der Waals surface area contributed by atoms with E-state index < -0.39 is 56.9 Å². The van der Waals surface area contributed by atoms with Gasteiger partial charge in [-0.2, -0.15) is 13.2 Å². The van der Waals surface area contributed by atoms with Crippen LogP contribution in [0.15, 0.2) is 102 Å². The van der Waals surface area contributed by atoms with Crippen molar-refractivity contribution in [3.8, 4) is 0 Å². The number of rotatable bonds is 11. The lowest BCUT2D eigenvalue weighted by atomic mass is 10.0. The topological polar surface area (TPSA) is 86.8 Å². The molecular formula is C33H30Cl2F3N3O4S. The Morgan fingerprint density at radius 1 is 0.870 bits per heavy atom. The molecule has 0 bridgehead atoms. The van der Waals surface area contributed by atoms with E-state index in [0.29, 0.717) is 21.0 Å². The van der Waals surface area contributed by atoms with Gasteiger partial charge in [0.25, 0.3) is 10.0 Å². The van der Waals surface area contributed by atoms with E-state index in [1.807, 2.05) is 0 Å². The first-order valence-electron chi connectivity index (χ1n) is 14.0. The van der Waals surface area contributed by atoms with Crippen molar-refractivity contribution in [2.45, 2.75) is 37.0 Å². The van der Waals surface area contributed by atoms with E-state index in [2.05, 4.69) is 5.32 Å². The molecule has 0 radical (unpaired) electrons. The monoisotopic (exact) mass is 691 g/mol. The first-order chi connectivity index (χ1) is 21.7. The molecule has 7 nitrogen and oxygen atoms in total. The molecule has 0 heterocycles. The average molecular weight is 693 g/mol. The highest BCUT2D eigenvalue weighted by Crippen LogP contribution is 2.38. The van der Waals surface area contributed by atoms with Gasteiger partial charge in [0.2, 0.25) is 11.8 Å². The molecule has 0 aliphatic carbocycles. The van der Waals surface area contributed by atoms with Crippen LogP contribution in [0.1, 0.15) is 22.3 Å². The van der Waals surface area contributed by atoms with Gasteiger partial charge in [0.1, 0.15) is 12.6 Å². The third kappa shape index (κ3) is 8.39. The highest BCUT2D eigenvalue weighted by atomic mass is 35.5. The second-order valence-electron chi connectivity index (χ2n) is 10.5. The van der Waals surface area contributed by atoms with Crippen LogP contribution in [0.25, 0.3) is 0 Å².